The monoisotopic (exact) mass is 229 g/mol. The summed E-state index contributed by atoms with van der Waals surface area (Å²) >= 11 is 0. The van der Waals surface area contributed by atoms with E-state index >= 15 is 0 Å². The lowest BCUT2D eigenvalue weighted by Gasteiger charge is -2.14. The lowest BCUT2D eigenvalue weighted by molar-refractivity contribution is -0.114. The molecular weight excluding hydrogens is 214 g/mol. The van der Waals surface area contributed by atoms with Crippen molar-refractivity contribution in [2.45, 2.75) is 13.8 Å². The molecule has 0 aromatic heterocycles. The molecule has 88 valence electrons. The van der Waals surface area contributed by atoms with Crippen molar-refractivity contribution in [3.63, 3.8) is 0 Å². The summed E-state index contributed by atoms with van der Waals surface area (Å²) in [5, 5.41) is 4.95. The van der Waals surface area contributed by atoms with Gasteiger partial charge in [0.15, 0.2) is 0 Å². The van der Waals surface area contributed by atoms with E-state index in [0.717, 1.165) is 27.8 Å². The van der Waals surface area contributed by atoms with Gasteiger partial charge in [-0.15, -0.1) is 0 Å². The Morgan fingerprint density at radius 1 is 1.29 bits per heavy atom. The second-order valence-corrected chi connectivity index (χ2v) is 3.98. The maximum Gasteiger partial charge on any atom is 0.221 e. The molecule has 0 heterocycles. The van der Waals surface area contributed by atoms with E-state index in [0.29, 0.717) is 0 Å². The fourth-order valence-corrected chi connectivity index (χ4v) is 1.97. The number of amides is 1. The van der Waals surface area contributed by atoms with Crippen LogP contribution in [0.2, 0.25) is 0 Å². The maximum atomic E-state index is 11.3. The summed E-state index contributed by atoms with van der Waals surface area (Å²) in [5.41, 5.74) is 1.77. The molecule has 0 bridgehead atoms. The Hall–Kier alpha value is -2.03. The number of hydrogen-bond acceptors (Lipinski definition) is 2. The first-order valence-electron chi connectivity index (χ1n) is 5.47. The normalized spacial score (nSPS) is 10.3. The molecule has 3 heteroatoms. The zero-order valence-corrected chi connectivity index (χ0v) is 10.2. The molecule has 0 fully saturated rings. The molecule has 0 atom stereocenters. The quantitative estimate of drug-likeness (QED) is 0.859. The summed E-state index contributed by atoms with van der Waals surface area (Å²) in [6.45, 7) is 3.45. The van der Waals surface area contributed by atoms with Gasteiger partial charge in [0.2, 0.25) is 5.91 Å². The highest BCUT2D eigenvalue weighted by Crippen LogP contribution is 2.34. The van der Waals surface area contributed by atoms with Crippen LogP contribution in [0.5, 0.6) is 5.75 Å². The Bertz CT molecular complexity index is 576. The summed E-state index contributed by atoms with van der Waals surface area (Å²) in [7, 11) is 1.63. The van der Waals surface area contributed by atoms with Crippen LogP contribution < -0.4 is 10.1 Å². The van der Waals surface area contributed by atoms with E-state index in [1.165, 1.54) is 6.92 Å². The molecule has 0 saturated heterocycles. The highest BCUT2D eigenvalue weighted by atomic mass is 16.5. The van der Waals surface area contributed by atoms with Crippen LogP contribution >= 0.6 is 0 Å². The molecule has 0 radical (unpaired) electrons. The van der Waals surface area contributed by atoms with Gasteiger partial charge >= 0.3 is 0 Å². The highest BCUT2D eigenvalue weighted by molar-refractivity contribution is 6.03. The molecule has 3 nitrogen and oxygen atoms in total. The number of carbonyl (C=O) groups is 1. The number of carbonyl (C=O) groups excluding carboxylic acids is 1. The number of nitrogens with one attached hydrogen (secondary N) is 1. The van der Waals surface area contributed by atoms with Crippen LogP contribution in [0.1, 0.15) is 12.5 Å². The van der Waals surface area contributed by atoms with E-state index in [2.05, 4.69) is 5.32 Å². The third-order valence-corrected chi connectivity index (χ3v) is 2.78. The van der Waals surface area contributed by atoms with Crippen LogP contribution in [0.25, 0.3) is 10.8 Å². The molecule has 0 spiro atoms. The van der Waals surface area contributed by atoms with Crippen molar-refractivity contribution in [2.75, 3.05) is 12.4 Å². The average Bonchev–Trinajstić information content (AvgIpc) is 2.32. The lowest BCUT2D eigenvalue weighted by Crippen LogP contribution is -2.08. The van der Waals surface area contributed by atoms with Crippen molar-refractivity contribution in [3.05, 3.63) is 35.9 Å². The first kappa shape index (κ1) is 11.5. The number of benzene rings is 2. The summed E-state index contributed by atoms with van der Waals surface area (Å²) in [4.78, 5) is 11.3. The largest absolute Gasteiger partial charge is 0.496 e. The van der Waals surface area contributed by atoms with Gasteiger partial charge < -0.3 is 10.1 Å². The smallest absolute Gasteiger partial charge is 0.221 e. The Labute approximate surface area is 100 Å². The Kier molecular flexibility index (Phi) is 3.00. The Morgan fingerprint density at radius 2 is 2.00 bits per heavy atom. The summed E-state index contributed by atoms with van der Waals surface area (Å²) in [5.74, 6) is 0.707. The molecule has 0 aliphatic carbocycles. The predicted octanol–water partition coefficient (Wildman–Crippen LogP) is 3.12. The van der Waals surface area contributed by atoms with Gasteiger partial charge in [-0.05, 0) is 18.4 Å². The SMILES string of the molecule is COc1cc2ccccc2c(NC(C)=O)c1C. The second kappa shape index (κ2) is 4.45. The molecule has 17 heavy (non-hydrogen) atoms. The van der Waals surface area contributed by atoms with Crippen molar-refractivity contribution >= 4 is 22.4 Å². The third-order valence-electron chi connectivity index (χ3n) is 2.78. The van der Waals surface area contributed by atoms with Crippen LogP contribution in [0.4, 0.5) is 5.69 Å². The average molecular weight is 229 g/mol. The fourth-order valence-electron chi connectivity index (χ4n) is 1.97. The zero-order valence-electron chi connectivity index (χ0n) is 10.2. The minimum atomic E-state index is -0.0773. The van der Waals surface area contributed by atoms with Gasteiger partial charge in [-0.1, -0.05) is 24.3 Å². The first-order chi connectivity index (χ1) is 8.13. The molecule has 0 unspecified atom stereocenters. The zero-order chi connectivity index (χ0) is 12.4. The molecule has 2 aromatic rings. The number of anilines is 1. The van der Waals surface area contributed by atoms with Gasteiger partial charge in [-0.3, -0.25) is 4.79 Å². The van der Waals surface area contributed by atoms with E-state index < -0.39 is 0 Å². The minimum Gasteiger partial charge on any atom is -0.496 e. The van der Waals surface area contributed by atoms with Crippen LogP contribution in [-0.2, 0) is 4.79 Å². The number of hydrogen-bond donors (Lipinski definition) is 1. The molecule has 0 saturated carbocycles. The van der Waals surface area contributed by atoms with Crippen molar-refractivity contribution in [1.29, 1.82) is 0 Å². The summed E-state index contributed by atoms with van der Waals surface area (Å²) in [6, 6.07) is 9.90. The molecule has 0 aliphatic heterocycles. The van der Waals surface area contributed by atoms with Gasteiger partial charge in [0.1, 0.15) is 5.75 Å². The summed E-state index contributed by atoms with van der Waals surface area (Å²) in [6.07, 6.45) is 0. The van der Waals surface area contributed by atoms with E-state index in [-0.39, 0.29) is 5.91 Å². The van der Waals surface area contributed by atoms with E-state index in [1.54, 1.807) is 7.11 Å². The molecule has 1 N–H and O–H groups in total. The van der Waals surface area contributed by atoms with Gasteiger partial charge in [0, 0.05) is 17.9 Å². The molecule has 0 aliphatic rings. The van der Waals surface area contributed by atoms with Crippen LogP contribution in [0.3, 0.4) is 0 Å². The Morgan fingerprint density at radius 3 is 2.65 bits per heavy atom. The summed E-state index contributed by atoms with van der Waals surface area (Å²) < 4.78 is 5.32. The van der Waals surface area contributed by atoms with E-state index in [1.807, 2.05) is 37.3 Å². The third kappa shape index (κ3) is 2.09. The number of rotatable bonds is 2. The van der Waals surface area contributed by atoms with Gasteiger partial charge in [0.05, 0.1) is 12.8 Å². The van der Waals surface area contributed by atoms with E-state index in [4.69, 9.17) is 4.74 Å². The van der Waals surface area contributed by atoms with Crippen molar-refractivity contribution in [1.82, 2.24) is 0 Å². The number of fused-ring (bicyclic) bond motifs is 1. The minimum absolute atomic E-state index is 0.0773. The predicted molar refractivity (Wildman–Crippen MR) is 69.5 cm³/mol. The van der Waals surface area contributed by atoms with Crippen LogP contribution in [-0.4, -0.2) is 13.0 Å². The Balaban J connectivity index is 2.75. The molecular formula is C14H15NO2. The standard InChI is InChI=1S/C14H15NO2/c1-9-13(17-3)8-11-6-4-5-7-12(11)14(9)15-10(2)16/h4-8H,1-3H3,(H,15,16). The molecule has 1 amide bonds. The van der Waals surface area contributed by atoms with E-state index in [9.17, 15) is 4.79 Å². The lowest BCUT2D eigenvalue weighted by atomic mass is 10.0. The van der Waals surface area contributed by atoms with Crippen LogP contribution in [0.15, 0.2) is 30.3 Å². The van der Waals surface area contributed by atoms with Crippen molar-refractivity contribution in [3.8, 4) is 5.75 Å². The van der Waals surface area contributed by atoms with Gasteiger partial charge in [-0.2, -0.15) is 0 Å². The fraction of sp³-hybridized carbons (Fsp3) is 0.214. The number of ether oxygens (including phenoxy) is 1. The second-order valence-electron chi connectivity index (χ2n) is 3.98. The highest BCUT2D eigenvalue weighted by Gasteiger charge is 2.11. The van der Waals surface area contributed by atoms with Crippen molar-refractivity contribution in [2.24, 2.45) is 0 Å². The van der Waals surface area contributed by atoms with Crippen LogP contribution in [0, 0.1) is 6.92 Å². The first-order valence-corrected chi connectivity index (χ1v) is 5.47. The van der Waals surface area contributed by atoms with Gasteiger partial charge in [0.25, 0.3) is 0 Å². The van der Waals surface area contributed by atoms with Crippen molar-refractivity contribution < 1.29 is 9.53 Å². The maximum absolute atomic E-state index is 11.3. The number of methoxy groups -OCH3 is 1. The van der Waals surface area contributed by atoms with Gasteiger partial charge in [-0.25, -0.2) is 0 Å². The molecule has 2 rings (SSSR count). The topological polar surface area (TPSA) is 38.3 Å². The molecule has 2 aromatic carbocycles.